The van der Waals surface area contributed by atoms with Gasteiger partial charge in [0.05, 0.1) is 6.42 Å². The number of carbonyl (C=O) groups excluding carboxylic acids is 1. The molecule has 2 heteroatoms. The van der Waals surface area contributed by atoms with Crippen molar-refractivity contribution in [1.29, 1.82) is 0 Å². The summed E-state index contributed by atoms with van der Waals surface area (Å²) >= 11 is 0. The molecule has 108 valence electrons. The summed E-state index contributed by atoms with van der Waals surface area (Å²) in [7, 11) is 0. The Balaban J connectivity index is 1.39. The zero-order valence-corrected chi connectivity index (χ0v) is 12.1. The number of unbranched alkanes of at least 4 members (excludes halogenated alkanes) is 1. The van der Waals surface area contributed by atoms with Crippen molar-refractivity contribution in [2.45, 2.75) is 57.5 Å². The van der Waals surface area contributed by atoms with E-state index in [2.05, 4.69) is 30.4 Å². The van der Waals surface area contributed by atoms with Crippen LogP contribution >= 0.6 is 0 Å². The van der Waals surface area contributed by atoms with E-state index in [0.717, 1.165) is 12.8 Å². The number of esters is 1. The summed E-state index contributed by atoms with van der Waals surface area (Å²) in [5.41, 5.74) is 1.50. The highest BCUT2D eigenvalue weighted by Crippen LogP contribution is 2.41. The van der Waals surface area contributed by atoms with Crippen LogP contribution in [-0.2, 0) is 9.53 Å². The minimum Gasteiger partial charge on any atom is -0.462 e. The molecule has 2 nitrogen and oxygen atoms in total. The lowest BCUT2D eigenvalue weighted by Crippen LogP contribution is -2.11. The third kappa shape index (κ3) is 3.23. The highest BCUT2D eigenvalue weighted by Gasteiger charge is 2.43. The Morgan fingerprint density at radius 3 is 3.10 bits per heavy atom. The summed E-state index contributed by atoms with van der Waals surface area (Å²) in [4.78, 5) is 11.3. The van der Waals surface area contributed by atoms with Gasteiger partial charge in [0.1, 0.15) is 6.10 Å². The van der Waals surface area contributed by atoms with Gasteiger partial charge in [-0.15, -0.1) is 0 Å². The molecule has 1 heterocycles. The Morgan fingerprint density at radius 1 is 1.30 bits per heavy atom. The van der Waals surface area contributed by atoms with Crippen molar-refractivity contribution in [3.05, 3.63) is 36.0 Å². The molecule has 0 bridgehead atoms. The molecule has 0 aromatic heterocycles. The number of allylic oxidation sites excluding steroid dienone is 6. The third-order valence-corrected chi connectivity index (χ3v) is 4.79. The van der Waals surface area contributed by atoms with Gasteiger partial charge in [0.25, 0.3) is 0 Å². The quantitative estimate of drug-likeness (QED) is 0.423. The maximum absolute atomic E-state index is 11.3. The summed E-state index contributed by atoms with van der Waals surface area (Å²) in [6.07, 6.45) is 20.7. The van der Waals surface area contributed by atoms with Gasteiger partial charge in [-0.05, 0) is 50.9 Å². The highest BCUT2D eigenvalue weighted by molar-refractivity contribution is 5.72. The number of carbonyl (C=O) groups is 1. The van der Waals surface area contributed by atoms with Gasteiger partial charge in [0.15, 0.2) is 0 Å². The first-order valence-electron chi connectivity index (χ1n) is 8.04. The van der Waals surface area contributed by atoms with Gasteiger partial charge >= 0.3 is 5.97 Å². The van der Waals surface area contributed by atoms with Gasteiger partial charge in [-0.2, -0.15) is 0 Å². The summed E-state index contributed by atoms with van der Waals surface area (Å²) in [6, 6.07) is 0. The van der Waals surface area contributed by atoms with Crippen LogP contribution in [0.1, 0.15) is 51.4 Å². The SMILES string of the molecule is O=C1C[C@@H]2C(/C=C/CCCC3=CCCC=C3)CC[C@@H]2O1. The van der Waals surface area contributed by atoms with Crippen molar-refractivity contribution in [3.63, 3.8) is 0 Å². The van der Waals surface area contributed by atoms with Crippen LogP contribution in [0.2, 0.25) is 0 Å². The van der Waals surface area contributed by atoms with E-state index in [1.807, 2.05) is 0 Å². The van der Waals surface area contributed by atoms with Gasteiger partial charge < -0.3 is 4.74 Å². The average molecular weight is 272 g/mol. The molecule has 20 heavy (non-hydrogen) atoms. The van der Waals surface area contributed by atoms with Gasteiger partial charge in [0.2, 0.25) is 0 Å². The van der Waals surface area contributed by atoms with Gasteiger partial charge in [-0.1, -0.05) is 36.0 Å². The lowest BCUT2D eigenvalue weighted by molar-refractivity contribution is -0.141. The molecule has 2 fully saturated rings. The molecule has 0 amide bonds. The Hall–Kier alpha value is -1.31. The van der Waals surface area contributed by atoms with Crippen LogP contribution in [0, 0.1) is 11.8 Å². The Bertz CT molecular complexity index is 444. The maximum atomic E-state index is 11.3. The zero-order valence-electron chi connectivity index (χ0n) is 12.1. The minimum absolute atomic E-state index is 0.00845. The van der Waals surface area contributed by atoms with Gasteiger partial charge in [0, 0.05) is 5.92 Å². The average Bonchev–Trinajstić information content (AvgIpc) is 3.00. The molecule has 1 aliphatic heterocycles. The predicted octanol–water partition coefficient (Wildman–Crippen LogP) is 4.33. The molecule has 1 unspecified atom stereocenters. The van der Waals surface area contributed by atoms with E-state index in [4.69, 9.17) is 4.74 Å². The van der Waals surface area contributed by atoms with E-state index < -0.39 is 0 Å². The van der Waals surface area contributed by atoms with E-state index in [1.165, 1.54) is 37.7 Å². The molecule has 0 aromatic rings. The fourth-order valence-electron chi connectivity index (χ4n) is 3.69. The fourth-order valence-corrected chi connectivity index (χ4v) is 3.69. The first-order valence-corrected chi connectivity index (χ1v) is 8.04. The van der Waals surface area contributed by atoms with Crippen molar-refractivity contribution in [1.82, 2.24) is 0 Å². The lowest BCUT2D eigenvalue weighted by atomic mass is 9.92. The molecule has 1 saturated carbocycles. The summed E-state index contributed by atoms with van der Waals surface area (Å²) in [5.74, 6) is 1.04. The first-order chi connectivity index (χ1) is 9.83. The first kappa shape index (κ1) is 13.7. The minimum atomic E-state index is 0.00845. The number of fused-ring (bicyclic) bond motifs is 1. The van der Waals surface area contributed by atoms with Crippen LogP contribution in [0.25, 0.3) is 0 Å². The standard InChI is InChI=1S/C18H24O2/c19-18-13-16-15(11-12-17(16)20-18)10-6-2-5-9-14-7-3-1-4-8-14/h3,6-8,10,15-17H,1-2,4-5,9,11-13H2/b10-6+/t15?,16-,17+/m1/s1. The van der Waals surface area contributed by atoms with Crippen LogP contribution in [-0.4, -0.2) is 12.1 Å². The monoisotopic (exact) mass is 272 g/mol. The Kier molecular flexibility index (Phi) is 4.39. The van der Waals surface area contributed by atoms with E-state index in [1.54, 1.807) is 0 Å². The molecular weight excluding hydrogens is 248 g/mol. The molecule has 2 aliphatic carbocycles. The molecule has 0 aromatic carbocycles. The number of hydrogen-bond acceptors (Lipinski definition) is 2. The molecule has 3 aliphatic rings. The van der Waals surface area contributed by atoms with E-state index in [9.17, 15) is 4.79 Å². The number of ether oxygens (including phenoxy) is 1. The van der Waals surface area contributed by atoms with Gasteiger partial charge in [-0.25, -0.2) is 0 Å². The second-order valence-electron chi connectivity index (χ2n) is 6.22. The maximum Gasteiger partial charge on any atom is 0.306 e. The molecular formula is C18H24O2. The Morgan fingerprint density at radius 2 is 2.25 bits per heavy atom. The van der Waals surface area contributed by atoms with Crippen molar-refractivity contribution in [2.75, 3.05) is 0 Å². The molecule has 3 rings (SSSR count). The molecule has 0 spiro atoms. The largest absolute Gasteiger partial charge is 0.462 e. The molecule has 3 atom stereocenters. The van der Waals surface area contributed by atoms with E-state index in [-0.39, 0.29) is 12.1 Å². The van der Waals surface area contributed by atoms with Crippen LogP contribution in [0.5, 0.6) is 0 Å². The normalized spacial score (nSPS) is 32.5. The summed E-state index contributed by atoms with van der Waals surface area (Å²) < 4.78 is 5.33. The van der Waals surface area contributed by atoms with Crippen molar-refractivity contribution in [2.24, 2.45) is 11.8 Å². The summed E-state index contributed by atoms with van der Waals surface area (Å²) in [5, 5.41) is 0. The highest BCUT2D eigenvalue weighted by atomic mass is 16.5. The zero-order chi connectivity index (χ0) is 13.8. The van der Waals surface area contributed by atoms with Gasteiger partial charge in [-0.3, -0.25) is 4.79 Å². The van der Waals surface area contributed by atoms with Crippen LogP contribution in [0.15, 0.2) is 36.0 Å². The summed E-state index contributed by atoms with van der Waals surface area (Å²) in [6.45, 7) is 0. The van der Waals surface area contributed by atoms with Crippen molar-refractivity contribution in [3.8, 4) is 0 Å². The van der Waals surface area contributed by atoms with E-state index in [0.29, 0.717) is 18.3 Å². The third-order valence-electron chi connectivity index (χ3n) is 4.79. The van der Waals surface area contributed by atoms with E-state index >= 15 is 0 Å². The topological polar surface area (TPSA) is 26.3 Å². The number of hydrogen-bond donors (Lipinski definition) is 0. The number of rotatable bonds is 5. The second-order valence-corrected chi connectivity index (χ2v) is 6.22. The smallest absolute Gasteiger partial charge is 0.306 e. The molecule has 1 saturated heterocycles. The molecule has 0 N–H and O–H groups in total. The van der Waals surface area contributed by atoms with Crippen LogP contribution < -0.4 is 0 Å². The van der Waals surface area contributed by atoms with Crippen LogP contribution in [0.4, 0.5) is 0 Å². The fraction of sp³-hybridized carbons (Fsp3) is 0.611. The van der Waals surface area contributed by atoms with Crippen LogP contribution in [0.3, 0.4) is 0 Å². The Labute approximate surface area is 121 Å². The lowest BCUT2D eigenvalue weighted by Gasteiger charge is -2.11. The van der Waals surface area contributed by atoms with Crippen molar-refractivity contribution >= 4 is 5.97 Å². The van der Waals surface area contributed by atoms with Crippen molar-refractivity contribution < 1.29 is 9.53 Å². The predicted molar refractivity (Wildman–Crippen MR) is 80.2 cm³/mol. The molecule has 0 radical (unpaired) electrons. The second kappa shape index (κ2) is 6.43.